The lowest BCUT2D eigenvalue weighted by Gasteiger charge is -2.10. The SMILES string of the molecule is Cc1ccc(S(=O)(=O)n2ccc3c(C#N)c(Br)cc(C)c32)cc1. The van der Waals surface area contributed by atoms with Crippen molar-refractivity contribution in [3.63, 3.8) is 0 Å². The summed E-state index contributed by atoms with van der Waals surface area (Å²) < 4.78 is 27.8. The van der Waals surface area contributed by atoms with E-state index in [4.69, 9.17) is 0 Å². The molecule has 1 heterocycles. The molecule has 2 aromatic carbocycles. The molecule has 0 bridgehead atoms. The van der Waals surface area contributed by atoms with Gasteiger partial charge in [0.05, 0.1) is 16.0 Å². The van der Waals surface area contributed by atoms with Crippen molar-refractivity contribution in [3.05, 3.63) is 63.8 Å². The van der Waals surface area contributed by atoms with Crippen LogP contribution in [0, 0.1) is 25.2 Å². The van der Waals surface area contributed by atoms with Gasteiger partial charge in [-0.1, -0.05) is 17.7 Å². The van der Waals surface area contributed by atoms with E-state index >= 15 is 0 Å². The Kier molecular flexibility index (Phi) is 3.78. The summed E-state index contributed by atoms with van der Waals surface area (Å²) in [6.45, 7) is 3.73. The third-order valence-electron chi connectivity index (χ3n) is 3.77. The molecular weight excluding hydrogens is 376 g/mol. The minimum atomic E-state index is -3.71. The van der Waals surface area contributed by atoms with Crippen LogP contribution >= 0.6 is 15.9 Å². The highest BCUT2D eigenvalue weighted by molar-refractivity contribution is 9.10. The highest BCUT2D eigenvalue weighted by atomic mass is 79.9. The molecule has 0 aliphatic rings. The third kappa shape index (κ3) is 2.46. The number of hydrogen-bond acceptors (Lipinski definition) is 3. The summed E-state index contributed by atoms with van der Waals surface area (Å²) in [6, 6.07) is 12.3. The van der Waals surface area contributed by atoms with Crippen LogP contribution < -0.4 is 0 Å². The smallest absolute Gasteiger partial charge is 0.241 e. The molecule has 0 aliphatic carbocycles. The summed E-state index contributed by atoms with van der Waals surface area (Å²) >= 11 is 3.36. The van der Waals surface area contributed by atoms with Crippen molar-refractivity contribution >= 4 is 36.9 Å². The topological polar surface area (TPSA) is 62.9 Å². The van der Waals surface area contributed by atoms with Crippen LogP contribution in [0.25, 0.3) is 10.9 Å². The van der Waals surface area contributed by atoms with Crippen molar-refractivity contribution < 1.29 is 8.42 Å². The summed E-state index contributed by atoms with van der Waals surface area (Å²) in [7, 11) is -3.71. The zero-order valence-electron chi connectivity index (χ0n) is 12.5. The summed E-state index contributed by atoms with van der Waals surface area (Å²) in [5.41, 5.74) is 2.74. The molecule has 0 saturated heterocycles. The molecule has 3 aromatic rings. The molecule has 6 heteroatoms. The molecule has 0 unspecified atom stereocenters. The molecule has 0 radical (unpaired) electrons. The van der Waals surface area contributed by atoms with Gasteiger partial charge in [0.2, 0.25) is 0 Å². The van der Waals surface area contributed by atoms with Gasteiger partial charge in [-0.15, -0.1) is 0 Å². The number of aromatic nitrogens is 1. The van der Waals surface area contributed by atoms with E-state index < -0.39 is 10.0 Å². The maximum absolute atomic E-state index is 12.9. The fraction of sp³-hybridized carbons (Fsp3) is 0.118. The van der Waals surface area contributed by atoms with Gasteiger partial charge in [-0.25, -0.2) is 12.4 Å². The molecule has 0 N–H and O–H groups in total. The van der Waals surface area contributed by atoms with Crippen molar-refractivity contribution in [3.8, 4) is 6.07 Å². The number of nitriles is 1. The lowest BCUT2D eigenvalue weighted by molar-refractivity contribution is 0.589. The monoisotopic (exact) mass is 388 g/mol. The fourth-order valence-corrected chi connectivity index (χ4v) is 4.66. The molecule has 0 saturated carbocycles. The molecular formula is C17H13BrN2O2S. The maximum Gasteiger partial charge on any atom is 0.268 e. The highest BCUT2D eigenvalue weighted by Gasteiger charge is 2.21. The zero-order valence-corrected chi connectivity index (χ0v) is 14.9. The number of fused-ring (bicyclic) bond motifs is 1. The minimum absolute atomic E-state index is 0.224. The number of rotatable bonds is 2. The quantitative estimate of drug-likeness (QED) is 0.662. The summed E-state index contributed by atoms with van der Waals surface area (Å²) in [5.74, 6) is 0. The van der Waals surface area contributed by atoms with E-state index in [0.29, 0.717) is 20.9 Å². The second-order valence-electron chi connectivity index (χ2n) is 5.35. The second kappa shape index (κ2) is 5.52. The third-order valence-corrected chi connectivity index (χ3v) is 6.08. The van der Waals surface area contributed by atoms with Crippen molar-refractivity contribution in [2.24, 2.45) is 0 Å². The van der Waals surface area contributed by atoms with Crippen LogP contribution in [-0.4, -0.2) is 12.4 Å². The zero-order chi connectivity index (χ0) is 16.8. The molecule has 1 aromatic heterocycles. The van der Waals surface area contributed by atoms with Gasteiger partial charge >= 0.3 is 0 Å². The van der Waals surface area contributed by atoms with Gasteiger partial charge in [0.1, 0.15) is 6.07 Å². The molecule has 4 nitrogen and oxygen atoms in total. The molecule has 3 rings (SSSR count). The van der Waals surface area contributed by atoms with Gasteiger partial charge in [-0.3, -0.25) is 0 Å². The van der Waals surface area contributed by atoms with Gasteiger partial charge in [0.25, 0.3) is 10.0 Å². The lowest BCUT2D eigenvalue weighted by atomic mass is 10.1. The van der Waals surface area contributed by atoms with E-state index in [1.165, 1.54) is 10.2 Å². The fourth-order valence-electron chi connectivity index (χ4n) is 2.60. The highest BCUT2D eigenvalue weighted by Crippen LogP contribution is 2.32. The lowest BCUT2D eigenvalue weighted by Crippen LogP contribution is -2.12. The number of nitrogens with zero attached hydrogens (tertiary/aromatic N) is 2. The largest absolute Gasteiger partial charge is 0.268 e. The van der Waals surface area contributed by atoms with Crippen molar-refractivity contribution in [1.29, 1.82) is 5.26 Å². The van der Waals surface area contributed by atoms with Crippen molar-refractivity contribution in [1.82, 2.24) is 3.97 Å². The van der Waals surface area contributed by atoms with Gasteiger partial charge in [0, 0.05) is 16.1 Å². The second-order valence-corrected chi connectivity index (χ2v) is 8.02. The molecule has 0 aliphatic heterocycles. The Labute approximate surface area is 143 Å². The first kappa shape index (κ1) is 15.8. The standard InChI is InChI=1S/C17H13BrN2O2S/c1-11-3-5-13(6-4-11)23(21,22)20-8-7-14-15(10-19)16(18)9-12(2)17(14)20/h3-9H,1-2H3. The number of aryl methyl sites for hydroxylation is 2. The Balaban J connectivity index is 2.33. The van der Waals surface area contributed by atoms with E-state index in [-0.39, 0.29) is 4.90 Å². The summed E-state index contributed by atoms with van der Waals surface area (Å²) in [5, 5.41) is 9.95. The molecule has 0 fully saturated rings. The number of benzene rings is 2. The molecule has 0 amide bonds. The van der Waals surface area contributed by atoms with Crippen molar-refractivity contribution in [2.45, 2.75) is 18.7 Å². The number of hydrogen-bond donors (Lipinski definition) is 0. The Morgan fingerprint density at radius 2 is 1.78 bits per heavy atom. The molecule has 0 atom stereocenters. The normalized spacial score (nSPS) is 11.6. The Hall–Kier alpha value is -2.10. The average molecular weight is 389 g/mol. The van der Waals surface area contributed by atoms with Crippen LogP contribution in [0.15, 0.2) is 52.0 Å². The van der Waals surface area contributed by atoms with E-state index in [9.17, 15) is 13.7 Å². The first-order chi connectivity index (χ1) is 10.9. The van der Waals surface area contributed by atoms with Crippen LogP contribution in [0.1, 0.15) is 16.7 Å². The van der Waals surface area contributed by atoms with Gasteiger partial charge in [-0.2, -0.15) is 5.26 Å². The van der Waals surface area contributed by atoms with Crippen LogP contribution in [0.3, 0.4) is 0 Å². The van der Waals surface area contributed by atoms with Crippen LogP contribution in [-0.2, 0) is 10.0 Å². The maximum atomic E-state index is 12.9. The Bertz CT molecular complexity index is 1060. The summed E-state index contributed by atoms with van der Waals surface area (Å²) in [4.78, 5) is 0.224. The van der Waals surface area contributed by atoms with Gasteiger partial charge in [0.15, 0.2) is 0 Å². The Morgan fingerprint density at radius 3 is 2.39 bits per heavy atom. The molecule has 116 valence electrons. The van der Waals surface area contributed by atoms with E-state index in [1.54, 1.807) is 36.4 Å². The van der Waals surface area contributed by atoms with Gasteiger partial charge < -0.3 is 0 Å². The Morgan fingerprint density at radius 1 is 1.13 bits per heavy atom. The predicted octanol–water partition coefficient (Wildman–Crippen LogP) is 4.13. The van der Waals surface area contributed by atoms with Crippen LogP contribution in [0.2, 0.25) is 0 Å². The first-order valence-electron chi connectivity index (χ1n) is 6.89. The van der Waals surface area contributed by atoms with Gasteiger partial charge in [-0.05, 0) is 59.6 Å². The van der Waals surface area contributed by atoms with E-state index in [2.05, 4.69) is 22.0 Å². The number of halogens is 1. The predicted molar refractivity (Wildman–Crippen MR) is 92.9 cm³/mol. The minimum Gasteiger partial charge on any atom is -0.241 e. The molecule has 0 spiro atoms. The van der Waals surface area contributed by atoms with Crippen LogP contribution in [0.5, 0.6) is 0 Å². The first-order valence-corrected chi connectivity index (χ1v) is 9.12. The van der Waals surface area contributed by atoms with Crippen molar-refractivity contribution in [2.75, 3.05) is 0 Å². The van der Waals surface area contributed by atoms with Crippen LogP contribution in [0.4, 0.5) is 0 Å². The van der Waals surface area contributed by atoms with E-state index in [0.717, 1.165) is 11.1 Å². The summed E-state index contributed by atoms with van der Waals surface area (Å²) in [6.07, 6.45) is 1.50. The molecule has 23 heavy (non-hydrogen) atoms. The van der Waals surface area contributed by atoms with E-state index in [1.807, 2.05) is 13.8 Å². The average Bonchev–Trinajstić information content (AvgIpc) is 2.94.